The van der Waals surface area contributed by atoms with Gasteiger partial charge in [-0.1, -0.05) is 60.1 Å². The number of nitrogens with one attached hydrogen (secondary N) is 1. The van der Waals surface area contributed by atoms with Crippen molar-refractivity contribution in [2.45, 2.75) is 79.7 Å². The maximum Gasteiger partial charge on any atom is 0.0201 e. The third-order valence-corrected chi connectivity index (χ3v) is 3.38. The fraction of sp³-hybridized carbons (Fsp3) is 0.778. The number of hydrogen-bond donors (Lipinski definition) is 2. The molecule has 0 radical (unpaired) electrons. The van der Waals surface area contributed by atoms with Gasteiger partial charge in [0.15, 0.2) is 0 Å². The molecule has 3 N–H and O–H groups in total. The van der Waals surface area contributed by atoms with E-state index < -0.39 is 0 Å². The molecule has 1 saturated carbocycles. The van der Waals surface area contributed by atoms with Crippen LogP contribution in [-0.4, -0.2) is 6.04 Å². The Morgan fingerprint density at radius 3 is 1.90 bits per heavy atom. The van der Waals surface area contributed by atoms with Gasteiger partial charge >= 0.3 is 0 Å². The highest BCUT2D eigenvalue weighted by Gasteiger charge is 2.17. The predicted octanol–water partition coefficient (Wildman–Crippen LogP) is 5.22. The summed E-state index contributed by atoms with van der Waals surface area (Å²) in [4.78, 5) is 0. The number of rotatable bonds is 3. The van der Waals surface area contributed by atoms with E-state index in [1.54, 1.807) is 0 Å². The first-order valence-electron chi connectivity index (χ1n) is 7.95. The Kier molecular flexibility index (Phi) is 12.7. The summed E-state index contributed by atoms with van der Waals surface area (Å²) in [6, 6.07) is 0.545. The molecular weight excluding hydrogens is 244 g/mol. The smallest absolute Gasteiger partial charge is 0.0201 e. The number of nitrogens with two attached hydrogens (primary N) is 1. The molecular formula is C18H38N2. The van der Waals surface area contributed by atoms with Gasteiger partial charge in [0.05, 0.1) is 0 Å². The molecule has 2 heteroatoms. The summed E-state index contributed by atoms with van der Waals surface area (Å²) in [6.45, 7) is 20.5. The molecule has 0 heterocycles. The Morgan fingerprint density at radius 1 is 1.30 bits per heavy atom. The highest BCUT2D eigenvalue weighted by Crippen LogP contribution is 2.28. The Labute approximate surface area is 127 Å². The summed E-state index contributed by atoms with van der Waals surface area (Å²) >= 11 is 0. The van der Waals surface area contributed by atoms with Crippen LogP contribution < -0.4 is 11.1 Å². The Morgan fingerprint density at radius 2 is 1.65 bits per heavy atom. The lowest BCUT2D eigenvalue weighted by Crippen LogP contribution is -2.24. The standard InChI is InChI=1S/C10H19N.C6H14.C2H5N/c1-8(2)11-9(3)10-6-4-5-7-10;1-5-6(2,3)4;1-2-3/h8,10-11H,3-7H2,1-2H3;5H2,1-4H3;2H,1,3H2. The lowest BCUT2D eigenvalue weighted by Gasteiger charge is -2.17. The maximum absolute atomic E-state index is 4.61. The zero-order chi connectivity index (χ0) is 16.2. The minimum absolute atomic E-state index is 0.542. The van der Waals surface area contributed by atoms with Gasteiger partial charge in [0.25, 0.3) is 0 Å². The molecule has 1 aliphatic carbocycles. The zero-order valence-electron chi connectivity index (χ0n) is 14.8. The van der Waals surface area contributed by atoms with Gasteiger partial charge in [0.1, 0.15) is 0 Å². The molecule has 0 aromatic carbocycles. The molecule has 20 heavy (non-hydrogen) atoms. The molecule has 0 aromatic heterocycles. The van der Waals surface area contributed by atoms with Crippen LogP contribution in [0, 0.1) is 11.3 Å². The van der Waals surface area contributed by atoms with Crippen LogP contribution in [0.15, 0.2) is 25.1 Å². The quantitative estimate of drug-likeness (QED) is 0.745. The molecule has 120 valence electrons. The zero-order valence-corrected chi connectivity index (χ0v) is 14.8. The Bertz CT molecular complexity index is 243. The van der Waals surface area contributed by atoms with Gasteiger partial charge in [0.2, 0.25) is 0 Å². The molecule has 0 spiro atoms. The SMILES string of the molecule is C=C(NC(C)C)C1CCCC1.C=CN.CCC(C)(C)C. The predicted molar refractivity (Wildman–Crippen MR) is 93.5 cm³/mol. The Balaban J connectivity index is 0. The molecule has 0 amide bonds. The van der Waals surface area contributed by atoms with E-state index in [-0.39, 0.29) is 0 Å². The summed E-state index contributed by atoms with van der Waals surface area (Å²) in [5, 5.41) is 3.39. The van der Waals surface area contributed by atoms with E-state index in [2.05, 4.69) is 65.8 Å². The fourth-order valence-corrected chi connectivity index (χ4v) is 1.76. The van der Waals surface area contributed by atoms with Gasteiger partial charge in [-0.3, -0.25) is 0 Å². The average Bonchev–Trinajstić information content (AvgIpc) is 2.82. The van der Waals surface area contributed by atoms with E-state index >= 15 is 0 Å². The molecule has 0 aliphatic heterocycles. The van der Waals surface area contributed by atoms with Gasteiger partial charge in [-0.25, -0.2) is 0 Å². The second kappa shape index (κ2) is 11.9. The van der Waals surface area contributed by atoms with Gasteiger partial charge in [-0.15, -0.1) is 0 Å². The second-order valence-electron chi connectivity index (χ2n) is 6.96. The molecule has 0 aromatic rings. The minimum atomic E-state index is 0.542. The molecule has 2 nitrogen and oxygen atoms in total. The van der Waals surface area contributed by atoms with Crippen LogP contribution in [-0.2, 0) is 0 Å². The summed E-state index contributed by atoms with van der Waals surface area (Å²) in [5.41, 5.74) is 6.41. The van der Waals surface area contributed by atoms with E-state index in [0.717, 1.165) is 5.92 Å². The monoisotopic (exact) mass is 282 g/mol. The first kappa shape index (κ1) is 21.4. The highest BCUT2D eigenvalue weighted by molar-refractivity contribution is 5.00. The second-order valence-corrected chi connectivity index (χ2v) is 6.96. The van der Waals surface area contributed by atoms with Crippen LogP contribution >= 0.6 is 0 Å². The van der Waals surface area contributed by atoms with Crippen molar-refractivity contribution in [2.24, 2.45) is 17.1 Å². The van der Waals surface area contributed by atoms with Crippen LogP contribution in [0.4, 0.5) is 0 Å². The third kappa shape index (κ3) is 15.1. The summed E-state index contributed by atoms with van der Waals surface area (Å²) in [6.07, 6.45) is 8.00. The van der Waals surface area contributed by atoms with E-state index in [1.165, 1.54) is 44.0 Å². The average molecular weight is 283 g/mol. The third-order valence-electron chi connectivity index (χ3n) is 3.38. The van der Waals surface area contributed by atoms with Crippen molar-refractivity contribution in [2.75, 3.05) is 0 Å². The summed E-state index contributed by atoms with van der Waals surface area (Å²) < 4.78 is 0. The van der Waals surface area contributed by atoms with E-state index in [1.807, 2.05) is 0 Å². The van der Waals surface area contributed by atoms with E-state index in [9.17, 15) is 0 Å². The normalized spacial score (nSPS) is 14.8. The molecule has 0 atom stereocenters. The van der Waals surface area contributed by atoms with Crippen molar-refractivity contribution in [1.29, 1.82) is 0 Å². The summed E-state index contributed by atoms with van der Waals surface area (Å²) in [7, 11) is 0. The van der Waals surface area contributed by atoms with Gasteiger partial charge in [0, 0.05) is 11.7 Å². The highest BCUT2D eigenvalue weighted by atomic mass is 14.9. The van der Waals surface area contributed by atoms with Crippen LogP contribution in [0.25, 0.3) is 0 Å². The van der Waals surface area contributed by atoms with Gasteiger partial charge in [-0.05, 0) is 44.2 Å². The van der Waals surface area contributed by atoms with Crippen LogP contribution in [0.1, 0.15) is 73.6 Å². The Hall–Kier alpha value is -0.920. The molecule has 0 saturated heterocycles. The number of hydrogen-bond acceptors (Lipinski definition) is 2. The topological polar surface area (TPSA) is 38.0 Å². The largest absolute Gasteiger partial charge is 0.405 e. The van der Waals surface area contributed by atoms with Gasteiger partial charge < -0.3 is 11.1 Å². The van der Waals surface area contributed by atoms with Crippen molar-refractivity contribution in [3.05, 3.63) is 25.1 Å². The molecule has 0 bridgehead atoms. The van der Waals surface area contributed by atoms with Crippen molar-refractivity contribution < 1.29 is 0 Å². The maximum atomic E-state index is 4.61. The molecule has 1 aliphatic rings. The van der Waals surface area contributed by atoms with Crippen molar-refractivity contribution in [3.8, 4) is 0 Å². The van der Waals surface area contributed by atoms with Crippen LogP contribution in [0.3, 0.4) is 0 Å². The number of allylic oxidation sites excluding steroid dienone is 1. The first-order chi connectivity index (χ1) is 9.17. The van der Waals surface area contributed by atoms with Crippen molar-refractivity contribution >= 4 is 0 Å². The molecule has 0 unspecified atom stereocenters. The lowest BCUT2D eigenvalue weighted by molar-refractivity contribution is 0.398. The lowest BCUT2D eigenvalue weighted by atomic mass is 9.94. The van der Waals surface area contributed by atoms with E-state index in [4.69, 9.17) is 0 Å². The molecule has 1 rings (SSSR count). The molecule has 1 fully saturated rings. The van der Waals surface area contributed by atoms with Crippen molar-refractivity contribution in [3.63, 3.8) is 0 Å². The van der Waals surface area contributed by atoms with E-state index in [0.29, 0.717) is 11.5 Å². The van der Waals surface area contributed by atoms with Crippen LogP contribution in [0.2, 0.25) is 0 Å². The fourth-order valence-electron chi connectivity index (χ4n) is 1.76. The first-order valence-corrected chi connectivity index (χ1v) is 7.95. The van der Waals surface area contributed by atoms with Crippen LogP contribution in [0.5, 0.6) is 0 Å². The minimum Gasteiger partial charge on any atom is -0.405 e. The van der Waals surface area contributed by atoms with Gasteiger partial charge in [-0.2, -0.15) is 0 Å². The summed E-state index contributed by atoms with van der Waals surface area (Å²) in [5.74, 6) is 0.761. The van der Waals surface area contributed by atoms with Crippen molar-refractivity contribution in [1.82, 2.24) is 5.32 Å².